The summed E-state index contributed by atoms with van der Waals surface area (Å²) in [6.45, 7) is 12.9. The smallest absolute Gasteiger partial charge is 0.0687 e. The van der Waals surface area contributed by atoms with Gasteiger partial charge in [0.1, 0.15) is 0 Å². The first-order chi connectivity index (χ1) is 12.0. The molecule has 0 unspecified atom stereocenters. The third kappa shape index (κ3) is 4.88. The second kappa shape index (κ2) is 8.75. The molecule has 0 radical (unpaired) electrons. The van der Waals surface area contributed by atoms with Crippen LogP contribution in [-0.4, -0.2) is 11.4 Å². The minimum atomic E-state index is 0.842. The maximum atomic E-state index is 4.99. The number of hydrogen-bond donors (Lipinski definition) is 0. The van der Waals surface area contributed by atoms with Crippen molar-refractivity contribution in [3.63, 3.8) is 0 Å². The molecule has 0 fully saturated rings. The molecule has 0 aliphatic carbocycles. The van der Waals surface area contributed by atoms with Gasteiger partial charge in [-0.25, -0.2) is 0 Å². The quantitative estimate of drug-likeness (QED) is 0.509. The highest BCUT2D eigenvalue weighted by molar-refractivity contribution is 6.06. The number of aliphatic imine (C=N–C) groups is 2. The van der Waals surface area contributed by atoms with Crippen LogP contribution >= 0.6 is 0 Å². The molecule has 0 spiro atoms. The lowest BCUT2D eigenvalue weighted by Gasteiger charge is -2.11. The Bertz CT molecular complexity index is 690. The van der Waals surface area contributed by atoms with Gasteiger partial charge in [0, 0.05) is 17.8 Å². The van der Waals surface area contributed by atoms with Gasteiger partial charge in [-0.3, -0.25) is 9.98 Å². The minimum absolute atomic E-state index is 0.842. The lowest BCUT2D eigenvalue weighted by Crippen LogP contribution is -2.06. The molecule has 0 saturated heterocycles. The molecular weight excluding hydrogens is 304 g/mol. The summed E-state index contributed by atoms with van der Waals surface area (Å²) in [6.07, 6.45) is 2.73. The number of nitrogens with zero attached hydrogens (tertiary/aromatic N) is 2. The molecule has 0 aliphatic rings. The Morgan fingerprint density at radius 1 is 0.640 bits per heavy atom. The molecule has 0 bridgehead atoms. The van der Waals surface area contributed by atoms with Crippen LogP contribution in [0.3, 0.4) is 0 Å². The van der Waals surface area contributed by atoms with E-state index in [0.29, 0.717) is 0 Å². The Labute approximate surface area is 152 Å². The summed E-state index contributed by atoms with van der Waals surface area (Å²) < 4.78 is 0. The predicted molar refractivity (Wildman–Crippen MR) is 111 cm³/mol. The fraction of sp³-hybridized carbons (Fsp3) is 0.391. The van der Waals surface area contributed by atoms with Gasteiger partial charge in [-0.05, 0) is 62.8 Å². The van der Waals surface area contributed by atoms with Crippen LogP contribution in [0.4, 0.5) is 11.4 Å². The van der Waals surface area contributed by atoms with Crippen molar-refractivity contribution in [2.75, 3.05) is 0 Å². The molecule has 2 rings (SSSR count). The minimum Gasteiger partial charge on any atom is -0.257 e. The van der Waals surface area contributed by atoms with E-state index in [4.69, 9.17) is 9.98 Å². The SMILES string of the molecule is CC/C(C/C(CC)=N/c1c(C)cccc1C)=N/c1c(C)cccc1C. The summed E-state index contributed by atoms with van der Waals surface area (Å²) in [7, 11) is 0. The molecule has 0 heterocycles. The van der Waals surface area contributed by atoms with E-state index < -0.39 is 0 Å². The standard InChI is InChI=1S/C23H30N2/c1-7-20(24-22-16(3)11-9-12-17(22)4)15-21(8-2)25-23-18(5)13-10-14-19(23)6/h9-14H,7-8,15H2,1-6H3/b24-20-,25-21+. The van der Waals surface area contributed by atoms with E-state index in [1.54, 1.807) is 0 Å². The zero-order valence-corrected chi connectivity index (χ0v) is 16.5. The average Bonchev–Trinajstić information content (AvgIpc) is 2.59. The Morgan fingerprint density at radius 3 is 1.24 bits per heavy atom. The number of rotatable bonds is 6. The first-order valence-corrected chi connectivity index (χ1v) is 9.21. The Kier molecular flexibility index (Phi) is 6.69. The maximum absolute atomic E-state index is 4.99. The maximum Gasteiger partial charge on any atom is 0.0687 e. The summed E-state index contributed by atoms with van der Waals surface area (Å²) in [5, 5.41) is 0. The van der Waals surface area contributed by atoms with Gasteiger partial charge in [0.15, 0.2) is 0 Å². The summed E-state index contributed by atoms with van der Waals surface area (Å²) in [4.78, 5) is 9.97. The van der Waals surface area contributed by atoms with E-state index in [0.717, 1.165) is 30.6 Å². The molecule has 2 heteroatoms. The van der Waals surface area contributed by atoms with E-state index in [2.05, 4.69) is 77.9 Å². The van der Waals surface area contributed by atoms with Crippen LogP contribution < -0.4 is 0 Å². The van der Waals surface area contributed by atoms with Gasteiger partial charge in [-0.15, -0.1) is 0 Å². The van der Waals surface area contributed by atoms with Gasteiger partial charge in [0.25, 0.3) is 0 Å². The molecule has 0 atom stereocenters. The first kappa shape index (κ1) is 19.1. The van der Waals surface area contributed by atoms with Crippen LogP contribution in [0.5, 0.6) is 0 Å². The van der Waals surface area contributed by atoms with Gasteiger partial charge >= 0.3 is 0 Å². The fourth-order valence-electron chi connectivity index (χ4n) is 3.00. The molecule has 0 N–H and O–H groups in total. The largest absolute Gasteiger partial charge is 0.257 e. The van der Waals surface area contributed by atoms with Crippen molar-refractivity contribution in [2.24, 2.45) is 9.98 Å². The fourth-order valence-corrected chi connectivity index (χ4v) is 3.00. The van der Waals surface area contributed by atoms with Gasteiger partial charge in [-0.2, -0.15) is 0 Å². The Balaban J connectivity index is 2.36. The molecule has 0 saturated carbocycles. The zero-order valence-electron chi connectivity index (χ0n) is 16.5. The molecule has 132 valence electrons. The molecule has 2 aromatic carbocycles. The van der Waals surface area contributed by atoms with Crippen molar-refractivity contribution in [3.05, 3.63) is 58.7 Å². The zero-order chi connectivity index (χ0) is 18.4. The van der Waals surface area contributed by atoms with Gasteiger partial charge in [-0.1, -0.05) is 50.2 Å². The highest BCUT2D eigenvalue weighted by Gasteiger charge is 2.08. The Morgan fingerprint density at radius 2 is 0.960 bits per heavy atom. The predicted octanol–water partition coefficient (Wildman–Crippen LogP) is 6.98. The molecule has 0 aromatic heterocycles. The molecular formula is C23H30N2. The van der Waals surface area contributed by atoms with E-state index in [9.17, 15) is 0 Å². The van der Waals surface area contributed by atoms with Crippen LogP contribution in [0.15, 0.2) is 46.4 Å². The summed E-state index contributed by atoms with van der Waals surface area (Å²) in [6, 6.07) is 12.7. The highest BCUT2D eigenvalue weighted by Crippen LogP contribution is 2.26. The third-order valence-corrected chi connectivity index (χ3v) is 4.64. The summed E-state index contributed by atoms with van der Waals surface area (Å²) in [5.41, 5.74) is 9.55. The molecule has 0 aliphatic heterocycles. The lowest BCUT2D eigenvalue weighted by atomic mass is 10.1. The van der Waals surface area contributed by atoms with Crippen molar-refractivity contribution in [1.29, 1.82) is 0 Å². The second-order valence-electron chi connectivity index (χ2n) is 6.72. The van der Waals surface area contributed by atoms with E-state index in [1.165, 1.54) is 33.7 Å². The van der Waals surface area contributed by atoms with E-state index in [1.807, 2.05) is 0 Å². The summed E-state index contributed by atoms with van der Waals surface area (Å²) in [5.74, 6) is 0. The number of aryl methyl sites for hydroxylation is 4. The van der Waals surface area contributed by atoms with Crippen molar-refractivity contribution in [3.8, 4) is 0 Å². The van der Waals surface area contributed by atoms with Crippen molar-refractivity contribution in [2.45, 2.75) is 60.8 Å². The topological polar surface area (TPSA) is 24.7 Å². The van der Waals surface area contributed by atoms with Crippen LogP contribution in [0.1, 0.15) is 55.4 Å². The number of benzene rings is 2. The van der Waals surface area contributed by atoms with Crippen molar-refractivity contribution in [1.82, 2.24) is 0 Å². The molecule has 2 aromatic rings. The van der Waals surface area contributed by atoms with Gasteiger partial charge in [0.05, 0.1) is 11.4 Å². The first-order valence-electron chi connectivity index (χ1n) is 9.21. The van der Waals surface area contributed by atoms with E-state index in [-0.39, 0.29) is 0 Å². The highest BCUT2D eigenvalue weighted by atomic mass is 14.8. The summed E-state index contributed by atoms with van der Waals surface area (Å²) >= 11 is 0. The van der Waals surface area contributed by atoms with Crippen LogP contribution in [0.2, 0.25) is 0 Å². The van der Waals surface area contributed by atoms with Crippen molar-refractivity contribution < 1.29 is 0 Å². The average molecular weight is 335 g/mol. The van der Waals surface area contributed by atoms with Crippen LogP contribution in [0.25, 0.3) is 0 Å². The molecule has 25 heavy (non-hydrogen) atoms. The number of hydrogen-bond acceptors (Lipinski definition) is 2. The lowest BCUT2D eigenvalue weighted by molar-refractivity contribution is 1.16. The Hall–Kier alpha value is -2.22. The normalized spacial score (nSPS) is 12.6. The second-order valence-corrected chi connectivity index (χ2v) is 6.72. The molecule has 0 amide bonds. The van der Waals surface area contributed by atoms with Gasteiger partial charge in [0.2, 0.25) is 0 Å². The van der Waals surface area contributed by atoms with Crippen molar-refractivity contribution >= 4 is 22.8 Å². The van der Waals surface area contributed by atoms with Gasteiger partial charge < -0.3 is 0 Å². The number of para-hydroxylation sites is 2. The van der Waals surface area contributed by atoms with Crippen LogP contribution in [0, 0.1) is 27.7 Å². The third-order valence-electron chi connectivity index (χ3n) is 4.64. The van der Waals surface area contributed by atoms with Crippen LogP contribution in [-0.2, 0) is 0 Å². The van der Waals surface area contributed by atoms with E-state index >= 15 is 0 Å². The molecule has 2 nitrogen and oxygen atoms in total. The monoisotopic (exact) mass is 334 g/mol.